The summed E-state index contributed by atoms with van der Waals surface area (Å²) in [5.41, 5.74) is 2.07. The van der Waals surface area contributed by atoms with Gasteiger partial charge < -0.3 is 14.8 Å². The Kier molecular flexibility index (Phi) is 4.34. The fraction of sp³-hybridized carbons (Fsp3) is 0.133. The van der Waals surface area contributed by atoms with Crippen molar-refractivity contribution in [1.29, 1.82) is 5.26 Å². The molecule has 0 radical (unpaired) electrons. The zero-order valence-corrected chi connectivity index (χ0v) is 11.9. The summed E-state index contributed by atoms with van der Waals surface area (Å²) in [6.07, 6.45) is 0. The lowest BCUT2D eigenvalue weighted by Gasteiger charge is -2.14. The first-order chi connectivity index (χ1) is 9.67. The quantitative estimate of drug-likeness (QED) is 0.925. The largest absolute Gasteiger partial charge is 0.495 e. The summed E-state index contributed by atoms with van der Waals surface area (Å²) in [4.78, 5) is 0. The van der Waals surface area contributed by atoms with Crippen molar-refractivity contribution in [2.45, 2.75) is 0 Å². The second kappa shape index (κ2) is 6.18. The highest BCUT2D eigenvalue weighted by Crippen LogP contribution is 2.37. The Hall–Kier alpha value is -2.38. The Morgan fingerprint density at radius 3 is 2.50 bits per heavy atom. The zero-order valence-electron chi connectivity index (χ0n) is 11.1. The van der Waals surface area contributed by atoms with Crippen molar-refractivity contribution in [2.24, 2.45) is 0 Å². The molecule has 102 valence electrons. The van der Waals surface area contributed by atoms with Gasteiger partial charge in [-0.1, -0.05) is 17.7 Å². The third-order valence-corrected chi connectivity index (χ3v) is 3.04. The summed E-state index contributed by atoms with van der Waals surface area (Å²) in [6, 6.07) is 12.7. The Balaban J connectivity index is 2.39. The van der Waals surface area contributed by atoms with Gasteiger partial charge in [-0.3, -0.25) is 0 Å². The maximum atomic E-state index is 8.91. The topological polar surface area (TPSA) is 54.3 Å². The molecule has 0 unspecified atom stereocenters. The van der Waals surface area contributed by atoms with Crippen LogP contribution in [0, 0.1) is 11.3 Å². The van der Waals surface area contributed by atoms with E-state index < -0.39 is 0 Å². The smallest absolute Gasteiger partial charge is 0.144 e. The van der Waals surface area contributed by atoms with E-state index in [1.54, 1.807) is 44.6 Å². The van der Waals surface area contributed by atoms with Gasteiger partial charge in [0, 0.05) is 17.8 Å². The molecule has 1 N–H and O–H groups in total. The molecule has 0 saturated carbocycles. The highest BCUT2D eigenvalue weighted by Gasteiger charge is 2.10. The van der Waals surface area contributed by atoms with Gasteiger partial charge in [0.2, 0.25) is 0 Å². The van der Waals surface area contributed by atoms with Crippen LogP contribution >= 0.6 is 11.6 Å². The predicted molar refractivity (Wildman–Crippen MR) is 79.0 cm³/mol. The van der Waals surface area contributed by atoms with Crippen LogP contribution in [0.15, 0.2) is 36.4 Å². The van der Waals surface area contributed by atoms with E-state index in [2.05, 4.69) is 11.4 Å². The average molecular weight is 289 g/mol. The van der Waals surface area contributed by atoms with Gasteiger partial charge in [0.25, 0.3) is 0 Å². The summed E-state index contributed by atoms with van der Waals surface area (Å²) in [7, 11) is 3.11. The second-order valence-electron chi connectivity index (χ2n) is 4.00. The van der Waals surface area contributed by atoms with Crippen LogP contribution in [0.1, 0.15) is 5.56 Å². The lowest BCUT2D eigenvalue weighted by Crippen LogP contribution is -1.96. The minimum absolute atomic E-state index is 0.473. The molecule has 0 heterocycles. The monoisotopic (exact) mass is 288 g/mol. The van der Waals surface area contributed by atoms with Crippen molar-refractivity contribution < 1.29 is 9.47 Å². The third-order valence-electron chi connectivity index (χ3n) is 2.74. The Morgan fingerprint density at radius 1 is 1.10 bits per heavy atom. The van der Waals surface area contributed by atoms with E-state index in [-0.39, 0.29) is 0 Å². The van der Waals surface area contributed by atoms with Gasteiger partial charge in [0.1, 0.15) is 11.5 Å². The predicted octanol–water partition coefficient (Wildman–Crippen LogP) is 3.97. The van der Waals surface area contributed by atoms with Gasteiger partial charge in [-0.15, -0.1) is 0 Å². The van der Waals surface area contributed by atoms with E-state index in [0.717, 1.165) is 5.69 Å². The van der Waals surface area contributed by atoms with Crippen molar-refractivity contribution in [3.8, 4) is 17.6 Å². The molecule has 2 rings (SSSR count). The summed E-state index contributed by atoms with van der Waals surface area (Å²) in [5.74, 6) is 1.14. The number of rotatable bonds is 4. The number of nitrogens with one attached hydrogen (secondary N) is 1. The van der Waals surface area contributed by atoms with E-state index in [9.17, 15) is 0 Å². The summed E-state index contributed by atoms with van der Waals surface area (Å²) in [6.45, 7) is 0. The van der Waals surface area contributed by atoms with E-state index in [1.807, 2.05) is 6.07 Å². The van der Waals surface area contributed by atoms with Gasteiger partial charge in [-0.25, -0.2) is 0 Å². The van der Waals surface area contributed by atoms with Crippen LogP contribution in [0.3, 0.4) is 0 Å². The molecule has 2 aromatic carbocycles. The first-order valence-corrected chi connectivity index (χ1v) is 6.24. The van der Waals surface area contributed by atoms with E-state index in [4.69, 9.17) is 26.3 Å². The van der Waals surface area contributed by atoms with E-state index >= 15 is 0 Å². The molecule has 0 bridgehead atoms. The number of hydrogen-bond acceptors (Lipinski definition) is 4. The van der Waals surface area contributed by atoms with Crippen molar-refractivity contribution in [2.75, 3.05) is 19.5 Å². The number of benzene rings is 2. The van der Waals surface area contributed by atoms with Crippen LogP contribution in [0.25, 0.3) is 0 Å². The van der Waals surface area contributed by atoms with E-state index in [1.165, 1.54) is 0 Å². The highest BCUT2D eigenvalue weighted by atomic mass is 35.5. The minimum Gasteiger partial charge on any atom is -0.495 e. The van der Waals surface area contributed by atoms with Crippen LogP contribution in [-0.4, -0.2) is 14.2 Å². The molecule has 0 aliphatic carbocycles. The van der Waals surface area contributed by atoms with Gasteiger partial charge in [0.15, 0.2) is 0 Å². The zero-order chi connectivity index (χ0) is 14.5. The molecular weight excluding hydrogens is 276 g/mol. The molecule has 20 heavy (non-hydrogen) atoms. The fourth-order valence-electron chi connectivity index (χ4n) is 1.78. The molecule has 0 aliphatic heterocycles. The average Bonchev–Trinajstić information content (AvgIpc) is 2.48. The molecule has 2 aromatic rings. The van der Waals surface area contributed by atoms with Crippen molar-refractivity contribution in [1.82, 2.24) is 0 Å². The number of methoxy groups -OCH3 is 2. The number of nitriles is 1. The SMILES string of the molecule is COc1cc(Nc2cccc(C#N)c2)c(OC)cc1Cl. The van der Waals surface area contributed by atoms with Gasteiger partial charge in [-0.05, 0) is 18.2 Å². The normalized spacial score (nSPS) is 9.70. The van der Waals surface area contributed by atoms with Crippen molar-refractivity contribution in [3.05, 3.63) is 47.0 Å². The molecule has 0 fully saturated rings. The fourth-order valence-corrected chi connectivity index (χ4v) is 2.01. The van der Waals surface area contributed by atoms with Crippen LogP contribution in [0.2, 0.25) is 5.02 Å². The van der Waals surface area contributed by atoms with Crippen LogP contribution in [0.4, 0.5) is 11.4 Å². The number of hydrogen-bond donors (Lipinski definition) is 1. The van der Waals surface area contributed by atoms with E-state index in [0.29, 0.717) is 27.8 Å². The second-order valence-corrected chi connectivity index (χ2v) is 4.41. The van der Waals surface area contributed by atoms with Crippen LogP contribution in [-0.2, 0) is 0 Å². The van der Waals surface area contributed by atoms with Crippen LogP contribution in [0.5, 0.6) is 11.5 Å². The van der Waals surface area contributed by atoms with Crippen LogP contribution < -0.4 is 14.8 Å². The molecule has 0 atom stereocenters. The van der Waals surface area contributed by atoms with Gasteiger partial charge >= 0.3 is 0 Å². The summed E-state index contributed by atoms with van der Waals surface area (Å²) >= 11 is 6.06. The number of nitrogens with zero attached hydrogens (tertiary/aromatic N) is 1. The lowest BCUT2D eigenvalue weighted by atomic mass is 10.2. The molecule has 0 saturated heterocycles. The molecule has 0 spiro atoms. The molecule has 5 heteroatoms. The molecule has 4 nitrogen and oxygen atoms in total. The lowest BCUT2D eigenvalue weighted by molar-refractivity contribution is 0.405. The standard InChI is InChI=1S/C15H13ClN2O2/c1-19-14-8-13(15(20-2)7-12(14)16)18-11-5-3-4-10(6-11)9-17/h3-8,18H,1-2H3. The van der Waals surface area contributed by atoms with Gasteiger partial charge in [-0.2, -0.15) is 5.26 Å². The molecular formula is C15H13ClN2O2. The number of anilines is 2. The summed E-state index contributed by atoms with van der Waals surface area (Å²) in [5, 5.41) is 12.6. The molecule has 0 amide bonds. The minimum atomic E-state index is 0.473. The molecule has 0 aliphatic rings. The Bertz CT molecular complexity index is 665. The first kappa shape index (κ1) is 14.0. The maximum absolute atomic E-state index is 8.91. The molecule has 0 aromatic heterocycles. The maximum Gasteiger partial charge on any atom is 0.144 e. The Labute approximate surface area is 122 Å². The van der Waals surface area contributed by atoms with Crippen molar-refractivity contribution in [3.63, 3.8) is 0 Å². The number of ether oxygens (including phenoxy) is 2. The first-order valence-electron chi connectivity index (χ1n) is 5.86. The number of halogens is 1. The highest BCUT2D eigenvalue weighted by molar-refractivity contribution is 6.32. The Morgan fingerprint density at radius 2 is 1.85 bits per heavy atom. The van der Waals surface area contributed by atoms with Crippen molar-refractivity contribution >= 4 is 23.0 Å². The summed E-state index contributed by atoms with van der Waals surface area (Å²) < 4.78 is 10.5. The van der Waals surface area contributed by atoms with Gasteiger partial charge in [0.05, 0.1) is 36.6 Å². The third kappa shape index (κ3) is 2.95.